The summed E-state index contributed by atoms with van der Waals surface area (Å²) >= 11 is 6.09. The lowest BCUT2D eigenvalue weighted by atomic mass is 9.82. The number of rotatable bonds is 9. The van der Waals surface area contributed by atoms with Gasteiger partial charge in [0.05, 0.1) is 0 Å². The van der Waals surface area contributed by atoms with Crippen molar-refractivity contribution in [3.05, 3.63) is 69.9 Å². The minimum absolute atomic E-state index is 0.000531. The molecule has 0 unspecified atom stereocenters. The van der Waals surface area contributed by atoms with Gasteiger partial charge in [0.15, 0.2) is 5.78 Å². The number of aromatic nitrogens is 1. The Balaban J connectivity index is 2.31. The third kappa shape index (κ3) is 4.97. The van der Waals surface area contributed by atoms with Crippen LogP contribution >= 0.6 is 11.6 Å². The Morgan fingerprint density at radius 2 is 1.75 bits per heavy atom. The lowest BCUT2D eigenvalue weighted by Crippen LogP contribution is -2.27. The monoisotopic (exact) mass is 453 g/mol. The minimum Gasteiger partial charge on any atom is -0.377 e. The molecular formula is C27H32ClNO3. The predicted molar refractivity (Wildman–Crippen MR) is 131 cm³/mol. The van der Waals surface area contributed by atoms with Gasteiger partial charge in [-0.2, -0.15) is 0 Å². The number of nitrogens with zero attached hydrogens (tertiary/aromatic N) is 1. The third-order valence-electron chi connectivity index (χ3n) is 6.23. The van der Waals surface area contributed by atoms with E-state index in [1.54, 1.807) is 6.92 Å². The van der Waals surface area contributed by atoms with E-state index in [9.17, 15) is 9.59 Å². The third-order valence-corrected chi connectivity index (χ3v) is 6.48. The molecule has 0 bridgehead atoms. The van der Waals surface area contributed by atoms with Crippen molar-refractivity contribution < 1.29 is 14.3 Å². The average Bonchev–Trinajstić information content (AvgIpc) is 3.01. The van der Waals surface area contributed by atoms with Gasteiger partial charge < -0.3 is 9.30 Å². The van der Waals surface area contributed by atoms with E-state index < -0.39 is 5.41 Å². The van der Waals surface area contributed by atoms with E-state index in [-0.39, 0.29) is 18.2 Å². The van der Waals surface area contributed by atoms with Gasteiger partial charge >= 0.3 is 0 Å². The molecule has 0 saturated carbocycles. The summed E-state index contributed by atoms with van der Waals surface area (Å²) < 4.78 is 7.39. The van der Waals surface area contributed by atoms with Crippen LogP contribution in [0.1, 0.15) is 67.7 Å². The zero-order valence-corrected chi connectivity index (χ0v) is 20.5. The molecular weight excluding hydrogens is 422 g/mol. The predicted octanol–water partition coefficient (Wildman–Crippen LogP) is 6.45. The van der Waals surface area contributed by atoms with Crippen LogP contribution in [0.15, 0.2) is 42.5 Å². The van der Waals surface area contributed by atoms with E-state index in [1.165, 1.54) is 12.7 Å². The van der Waals surface area contributed by atoms with Crippen LogP contribution in [0, 0.1) is 5.41 Å². The minimum atomic E-state index is -0.602. The largest absolute Gasteiger partial charge is 0.377 e. The number of hydrogen-bond acceptors (Lipinski definition) is 3. The molecule has 4 nitrogen and oxygen atoms in total. The molecule has 0 N–H and O–H groups in total. The smallest absolute Gasteiger partial charge is 0.190 e. The van der Waals surface area contributed by atoms with Gasteiger partial charge in [-0.3, -0.25) is 9.59 Å². The number of methoxy groups -OCH3 is 1. The number of halogens is 1. The van der Waals surface area contributed by atoms with E-state index in [1.807, 2.05) is 38.1 Å². The molecule has 0 atom stereocenters. The molecule has 2 aromatic carbocycles. The summed E-state index contributed by atoms with van der Waals surface area (Å²) in [6, 6.07) is 14.1. The van der Waals surface area contributed by atoms with Crippen LogP contribution in [-0.4, -0.2) is 29.9 Å². The molecule has 32 heavy (non-hydrogen) atoms. The molecule has 170 valence electrons. The first-order valence-electron chi connectivity index (χ1n) is 11.0. The highest BCUT2D eigenvalue weighted by molar-refractivity contribution is 6.30. The number of Topliss-reactive ketones (excluding diaryl/α,β-unsaturated/α-hetero) is 2. The zero-order valence-electron chi connectivity index (χ0n) is 19.8. The topological polar surface area (TPSA) is 48.3 Å². The molecule has 0 fully saturated rings. The summed E-state index contributed by atoms with van der Waals surface area (Å²) in [5, 5.41) is 1.60. The van der Waals surface area contributed by atoms with Gasteiger partial charge in [-0.1, -0.05) is 57.5 Å². The Morgan fingerprint density at radius 1 is 1.09 bits per heavy atom. The fourth-order valence-electron chi connectivity index (χ4n) is 3.98. The van der Waals surface area contributed by atoms with E-state index in [2.05, 4.69) is 36.6 Å². The van der Waals surface area contributed by atoms with Crippen LogP contribution < -0.4 is 0 Å². The van der Waals surface area contributed by atoms with Gasteiger partial charge in [0, 0.05) is 52.7 Å². The second-order valence-electron chi connectivity index (χ2n) is 9.44. The lowest BCUT2D eigenvalue weighted by Gasteiger charge is -2.23. The molecule has 5 heteroatoms. The second-order valence-corrected chi connectivity index (χ2v) is 9.88. The van der Waals surface area contributed by atoms with Crippen LogP contribution in [0.5, 0.6) is 0 Å². The molecule has 0 aliphatic heterocycles. The van der Waals surface area contributed by atoms with Crippen LogP contribution in [0.4, 0.5) is 0 Å². The highest BCUT2D eigenvalue weighted by Gasteiger charge is 2.31. The molecule has 3 rings (SSSR count). The summed E-state index contributed by atoms with van der Waals surface area (Å²) in [5.41, 5.74) is 4.16. The van der Waals surface area contributed by atoms with Crippen LogP contribution in [0.25, 0.3) is 10.9 Å². The maximum absolute atomic E-state index is 13.3. The van der Waals surface area contributed by atoms with Crippen molar-refractivity contribution in [2.75, 3.05) is 13.7 Å². The van der Waals surface area contributed by atoms with Crippen molar-refractivity contribution in [1.29, 1.82) is 0 Å². The maximum atomic E-state index is 13.3. The van der Waals surface area contributed by atoms with E-state index >= 15 is 0 Å². The quantitative estimate of drug-likeness (QED) is 0.349. The Kier molecular flexibility index (Phi) is 7.26. The number of carbonyl (C=O) groups excluding carboxylic acids is 2. The van der Waals surface area contributed by atoms with Crippen molar-refractivity contribution in [2.45, 2.75) is 53.5 Å². The molecule has 3 aromatic rings. The Hall–Kier alpha value is -2.43. The van der Waals surface area contributed by atoms with Crippen LogP contribution in [0.2, 0.25) is 5.02 Å². The van der Waals surface area contributed by atoms with Crippen molar-refractivity contribution >= 4 is 34.1 Å². The SMILES string of the molecule is COCC(=O)c1c(CC(C)(C)C(C)=O)n(Cc2ccc(Cl)cc2)c2ccc(C(C)C)cc12. The molecule has 0 radical (unpaired) electrons. The number of hydrogen-bond donors (Lipinski definition) is 0. The number of ketones is 2. The van der Waals surface area contributed by atoms with Crippen molar-refractivity contribution in [1.82, 2.24) is 4.57 Å². The fourth-order valence-corrected chi connectivity index (χ4v) is 4.10. The average molecular weight is 454 g/mol. The fraction of sp³-hybridized carbons (Fsp3) is 0.407. The summed E-state index contributed by atoms with van der Waals surface area (Å²) in [4.78, 5) is 25.7. The van der Waals surface area contributed by atoms with Crippen molar-refractivity contribution in [3.8, 4) is 0 Å². The van der Waals surface area contributed by atoms with Gasteiger partial charge in [0.1, 0.15) is 12.4 Å². The van der Waals surface area contributed by atoms with Gasteiger partial charge in [0.2, 0.25) is 0 Å². The standard InChI is InChI=1S/C27H32ClNO3/c1-17(2)20-9-12-23-22(13-20)26(25(31)16-32-6)24(14-27(4,5)18(3)30)29(23)15-19-7-10-21(28)11-8-19/h7-13,17H,14-16H2,1-6H3. The first-order valence-corrected chi connectivity index (χ1v) is 11.4. The first kappa shape index (κ1) is 24.2. The van der Waals surface area contributed by atoms with Gasteiger partial charge in [-0.25, -0.2) is 0 Å². The summed E-state index contributed by atoms with van der Waals surface area (Å²) in [7, 11) is 1.53. The van der Waals surface area contributed by atoms with Crippen LogP contribution in [-0.2, 0) is 22.5 Å². The van der Waals surface area contributed by atoms with Gasteiger partial charge in [-0.05, 0) is 48.2 Å². The van der Waals surface area contributed by atoms with Crippen LogP contribution in [0.3, 0.4) is 0 Å². The normalized spacial score (nSPS) is 12.0. The summed E-state index contributed by atoms with van der Waals surface area (Å²) in [6.45, 7) is 10.3. The molecule has 0 aliphatic rings. The number of benzene rings is 2. The lowest BCUT2D eigenvalue weighted by molar-refractivity contribution is -0.124. The highest BCUT2D eigenvalue weighted by Crippen LogP contribution is 2.35. The molecule has 1 aromatic heterocycles. The Labute approximate surface area is 195 Å². The Bertz CT molecular complexity index is 1140. The van der Waals surface area contributed by atoms with Crippen molar-refractivity contribution in [3.63, 3.8) is 0 Å². The van der Waals surface area contributed by atoms with E-state index in [4.69, 9.17) is 16.3 Å². The Morgan fingerprint density at radius 3 is 2.31 bits per heavy atom. The van der Waals surface area contributed by atoms with Gasteiger partial charge in [0.25, 0.3) is 0 Å². The number of fused-ring (bicyclic) bond motifs is 1. The zero-order chi connectivity index (χ0) is 23.6. The molecule has 0 spiro atoms. The summed E-state index contributed by atoms with van der Waals surface area (Å²) in [6.07, 6.45) is 0.465. The highest BCUT2D eigenvalue weighted by atomic mass is 35.5. The molecule has 0 amide bonds. The molecule has 0 aliphatic carbocycles. The number of ether oxygens (including phenoxy) is 1. The summed E-state index contributed by atoms with van der Waals surface area (Å²) in [5.74, 6) is 0.359. The van der Waals surface area contributed by atoms with Gasteiger partial charge in [-0.15, -0.1) is 0 Å². The van der Waals surface area contributed by atoms with E-state index in [0.717, 1.165) is 22.2 Å². The molecule has 0 saturated heterocycles. The molecule has 1 heterocycles. The first-order chi connectivity index (χ1) is 15.0. The van der Waals surface area contributed by atoms with E-state index in [0.29, 0.717) is 29.5 Å². The maximum Gasteiger partial charge on any atom is 0.190 e. The second kappa shape index (κ2) is 9.60. The van der Waals surface area contributed by atoms with Crippen molar-refractivity contribution in [2.24, 2.45) is 5.41 Å². The number of carbonyl (C=O) groups is 2.